The molecule has 0 aromatic heterocycles. The summed E-state index contributed by atoms with van der Waals surface area (Å²) in [5.41, 5.74) is 0.887. The van der Waals surface area contributed by atoms with E-state index in [0.717, 1.165) is 5.56 Å². The maximum absolute atomic E-state index is 11.4. The SMILES string of the molecule is O=S1(=O)CC(Br)c2ccccc21. The maximum Gasteiger partial charge on any atom is 0.180 e. The van der Waals surface area contributed by atoms with Crippen molar-refractivity contribution < 1.29 is 8.42 Å². The summed E-state index contributed by atoms with van der Waals surface area (Å²) in [5, 5.41) is 0. The van der Waals surface area contributed by atoms with Crippen LogP contribution in [0.3, 0.4) is 0 Å². The monoisotopic (exact) mass is 246 g/mol. The van der Waals surface area contributed by atoms with E-state index in [-0.39, 0.29) is 10.6 Å². The molecule has 0 amide bonds. The number of benzene rings is 1. The molecule has 1 heterocycles. The lowest BCUT2D eigenvalue weighted by Gasteiger charge is -1.97. The third-order valence-electron chi connectivity index (χ3n) is 1.96. The first-order valence-corrected chi connectivity index (χ1v) is 6.14. The molecule has 1 aromatic rings. The lowest BCUT2D eigenvalue weighted by atomic mass is 10.2. The molecule has 0 bridgehead atoms. The predicted octanol–water partition coefficient (Wildman–Crippen LogP) is 1.91. The first kappa shape index (κ1) is 8.26. The van der Waals surface area contributed by atoms with Gasteiger partial charge in [0.15, 0.2) is 9.84 Å². The highest BCUT2D eigenvalue weighted by molar-refractivity contribution is 9.09. The van der Waals surface area contributed by atoms with Crippen LogP contribution in [0.15, 0.2) is 29.2 Å². The van der Waals surface area contributed by atoms with Crippen molar-refractivity contribution in [2.75, 3.05) is 5.75 Å². The fraction of sp³-hybridized carbons (Fsp3) is 0.250. The Morgan fingerprint density at radius 2 is 2.00 bits per heavy atom. The van der Waals surface area contributed by atoms with Gasteiger partial charge in [0.2, 0.25) is 0 Å². The fourth-order valence-corrected chi connectivity index (χ4v) is 4.59. The summed E-state index contributed by atoms with van der Waals surface area (Å²) >= 11 is 3.33. The molecule has 12 heavy (non-hydrogen) atoms. The van der Waals surface area contributed by atoms with Gasteiger partial charge in [0.1, 0.15) is 0 Å². The van der Waals surface area contributed by atoms with E-state index < -0.39 is 9.84 Å². The van der Waals surface area contributed by atoms with Gasteiger partial charge in [-0.2, -0.15) is 0 Å². The molecule has 0 saturated heterocycles. The number of hydrogen-bond acceptors (Lipinski definition) is 2. The zero-order valence-corrected chi connectivity index (χ0v) is 8.60. The zero-order valence-electron chi connectivity index (χ0n) is 6.20. The molecular formula is C8H7BrO2S. The number of alkyl halides is 1. The molecule has 2 nitrogen and oxygen atoms in total. The molecule has 0 N–H and O–H groups in total. The van der Waals surface area contributed by atoms with Crippen LogP contribution < -0.4 is 0 Å². The number of hydrogen-bond donors (Lipinski definition) is 0. The number of rotatable bonds is 0. The summed E-state index contributed by atoms with van der Waals surface area (Å²) in [5.74, 6) is 0.187. The van der Waals surface area contributed by atoms with Gasteiger partial charge in [-0.05, 0) is 11.6 Å². The summed E-state index contributed by atoms with van der Waals surface area (Å²) in [6, 6.07) is 7.11. The summed E-state index contributed by atoms with van der Waals surface area (Å²) < 4.78 is 22.9. The Bertz CT molecular complexity index is 411. The van der Waals surface area contributed by atoms with E-state index >= 15 is 0 Å². The van der Waals surface area contributed by atoms with Crippen LogP contribution in [0.25, 0.3) is 0 Å². The van der Waals surface area contributed by atoms with Crippen molar-refractivity contribution in [1.82, 2.24) is 0 Å². The third kappa shape index (κ3) is 1.10. The van der Waals surface area contributed by atoms with Crippen LogP contribution in [-0.2, 0) is 9.84 Å². The Kier molecular flexibility index (Phi) is 1.77. The van der Waals surface area contributed by atoms with Crippen molar-refractivity contribution in [3.63, 3.8) is 0 Å². The highest BCUT2D eigenvalue weighted by Gasteiger charge is 2.32. The number of halogens is 1. The molecule has 0 fully saturated rings. The van der Waals surface area contributed by atoms with Crippen molar-refractivity contribution >= 4 is 25.8 Å². The minimum atomic E-state index is -3.00. The lowest BCUT2D eigenvalue weighted by molar-refractivity contribution is 0.600. The first-order valence-electron chi connectivity index (χ1n) is 3.57. The Morgan fingerprint density at radius 3 is 2.67 bits per heavy atom. The van der Waals surface area contributed by atoms with Gasteiger partial charge in [0, 0.05) is 0 Å². The largest absolute Gasteiger partial charge is 0.224 e. The highest BCUT2D eigenvalue weighted by atomic mass is 79.9. The maximum atomic E-state index is 11.4. The van der Waals surface area contributed by atoms with Crippen LogP contribution in [0, 0.1) is 0 Å². The molecular weight excluding hydrogens is 240 g/mol. The topological polar surface area (TPSA) is 34.1 Å². The van der Waals surface area contributed by atoms with Gasteiger partial charge in [-0.15, -0.1) is 0 Å². The van der Waals surface area contributed by atoms with Crippen molar-refractivity contribution in [1.29, 1.82) is 0 Å². The number of sulfone groups is 1. The van der Waals surface area contributed by atoms with Crippen LogP contribution in [0.2, 0.25) is 0 Å². The molecule has 2 rings (SSSR count). The smallest absolute Gasteiger partial charge is 0.180 e. The van der Waals surface area contributed by atoms with Gasteiger partial charge < -0.3 is 0 Å². The predicted molar refractivity (Wildman–Crippen MR) is 50.2 cm³/mol. The third-order valence-corrected chi connectivity index (χ3v) is 5.02. The van der Waals surface area contributed by atoms with Gasteiger partial charge in [0.05, 0.1) is 15.5 Å². The quantitative estimate of drug-likeness (QED) is 0.656. The van der Waals surface area contributed by atoms with Crippen molar-refractivity contribution in [2.24, 2.45) is 0 Å². The van der Waals surface area contributed by atoms with Gasteiger partial charge in [0.25, 0.3) is 0 Å². The van der Waals surface area contributed by atoms with Gasteiger partial charge in [-0.3, -0.25) is 0 Å². The van der Waals surface area contributed by atoms with Crippen molar-refractivity contribution in [3.05, 3.63) is 29.8 Å². The molecule has 1 aromatic carbocycles. The van der Waals surface area contributed by atoms with Gasteiger partial charge in [-0.1, -0.05) is 34.1 Å². The molecule has 0 spiro atoms. The Labute approximate surface area is 79.6 Å². The molecule has 1 unspecified atom stereocenters. The molecule has 4 heteroatoms. The Morgan fingerprint density at radius 1 is 1.33 bits per heavy atom. The molecule has 0 saturated carbocycles. The lowest BCUT2D eigenvalue weighted by Crippen LogP contribution is -1.99. The second-order valence-corrected chi connectivity index (χ2v) is 5.89. The minimum Gasteiger partial charge on any atom is -0.224 e. The summed E-state index contributed by atoms with van der Waals surface area (Å²) in [6.07, 6.45) is 0. The number of fused-ring (bicyclic) bond motifs is 1. The fourth-order valence-electron chi connectivity index (χ4n) is 1.39. The van der Waals surface area contributed by atoms with Gasteiger partial charge in [-0.25, -0.2) is 8.42 Å². The molecule has 1 aliphatic rings. The molecule has 0 radical (unpaired) electrons. The van der Waals surface area contributed by atoms with E-state index in [4.69, 9.17) is 0 Å². The molecule has 1 atom stereocenters. The van der Waals surface area contributed by atoms with Crippen molar-refractivity contribution in [3.8, 4) is 0 Å². The van der Waals surface area contributed by atoms with E-state index in [9.17, 15) is 8.42 Å². The van der Waals surface area contributed by atoms with Crippen molar-refractivity contribution in [2.45, 2.75) is 9.72 Å². The average molecular weight is 247 g/mol. The van der Waals surface area contributed by atoms with Gasteiger partial charge >= 0.3 is 0 Å². The zero-order chi connectivity index (χ0) is 8.77. The normalized spacial score (nSPS) is 25.2. The highest BCUT2D eigenvalue weighted by Crippen LogP contribution is 2.38. The Hall–Kier alpha value is -0.350. The summed E-state index contributed by atoms with van der Waals surface area (Å²) in [6.45, 7) is 0. The summed E-state index contributed by atoms with van der Waals surface area (Å²) in [4.78, 5) is 0.450. The molecule has 64 valence electrons. The van der Waals surface area contributed by atoms with Crippen LogP contribution in [-0.4, -0.2) is 14.2 Å². The van der Waals surface area contributed by atoms with E-state index in [0.29, 0.717) is 4.90 Å². The van der Waals surface area contributed by atoms with E-state index in [1.165, 1.54) is 0 Å². The minimum absolute atomic E-state index is 0.0290. The first-order chi connectivity index (χ1) is 5.61. The summed E-state index contributed by atoms with van der Waals surface area (Å²) in [7, 11) is -3.00. The molecule has 1 aliphatic heterocycles. The Balaban J connectivity index is 2.74. The average Bonchev–Trinajstić information content (AvgIpc) is 2.25. The van der Waals surface area contributed by atoms with E-state index in [1.54, 1.807) is 12.1 Å². The van der Waals surface area contributed by atoms with E-state index in [2.05, 4.69) is 15.9 Å². The second-order valence-electron chi connectivity index (χ2n) is 2.79. The van der Waals surface area contributed by atoms with Crippen LogP contribution in [0.4, 0.5) is 0 Å². The van der Waals surface area contributed by atoms with E-state index in [1.807, 2.05) is 12.1 Å². The van der Waals surface area contributed by atoms with Crippen LogP contribution >= 0.6 is 15.9 Å². The second kappa shape index (κ2) is 2.57. The standard InChI is InChI=1S/C8H7BrO2S/c9-7-5-12(10,11)8-4-2-1-3-6(7)8/h1-4,7H,5H2. The van der Waals surface area contributed by atoms with Crippen LogP contribution in [0.5, 0.6) is 0 Å². The van der Waals surface area contributed by atoms with Crippen LogP contribution in [0.1, 0.15) is 10.4 Å². The molecule has 0 aliphatic carbocycles.